The summed E-state index contributed by atoms with van der Waals surface area (Å²) in [6, 6.07) is 0.180. The van der Waals surface area contributed by atoms with Crippen molar-refractivity contribution in [2.45, 2.75) is 32.4 Å². The Labute approximate surface area is 130 Å². The van der Waals surface area contributed by atoms with E-state index in [1.807, 2.05) is 11.8 Å². The van der Waals surface area contributed by atoms with Gasteiger partial charge < -0.3 is 10.2 Å². The fraction of sp³-hybridized carbons (Fsp3) is 0.615. The van der Waals surface area contributed by atoms with Crippen molar-refractivity contribution in [2.24, 2.45) is 0 Å². The molecule has 7 nitrogen and oxygen atoms in total. The van der Waals surface area contributed by atoms with Crippen molar-refractivity contribution in [3.63, 3.8) is 0 Å². The van der Waals surface area contributed by atoms with Crippen LogP contribution in [-0.4, -0.2) is 46.0 Å². The van der Waals surface area contributed by atoms with E-state index >= 15 is 0 Å². The van der Waals surface area contributed by atoms with E-state index < -0.39 is 11.2 Å². The van der Waals surface area contributed by atoms with Gasteiger partial charge >= 0.3 is 5.69 Å². The molecule has 0 bridgehead atoms. The van der Waals surface area contributed by atoms with Gasteiger partial charge in [0.2, 0.25) is 5.91 Å². The van der Waals surface area contributed by atoms with Gasteiger partial charge in [-0.25, -0.2) is 4.79 Å². The summed E-state index contributed by atoms with van der Waals surface area (Å²) in [6.07, 6.45) is 3.15. The molecule has 1 aromatic heterocycles. The Morgan fingerprint density at radius 3 is 2.90 bits per heavy atom. The van der Waals surface area contributed by atoms with Gasteiger partial charge in [-0.3, -0.25) is 19.1 Å². The van der Waals surface area contributed by atoms with Crippen LogP contribution in [0, 0.1) is 0 Å². The lowest BCUT2D eigenvalue weighted by molar-refractivity contribution is -0.134. The summed E-state index contributed by atoms with van der Waals surface area (Å²) in [5, 5.41) is 3.24. The molecule has 0 spiro atoms. The molecule has 1 amide bonds. The summed E-state index contributed by atoms with van der Waals surface area (Å²) in [5.41, 5.74) is -1.06. The summed E-state index contributed by atoms with van der Waals surface area (Å²) in [7, 11) is 0. The van der Waals surface area contributed by atoms with E-state index in [2.05, 4.69) is 26.2 Å². The second-order valence-electron chi connectivity index (χ2n) is 5.10. The van der Waals surface area contributed by atoms with Gasteiger partial charge in [-0.2, -0.15) is 0 Å². The lowest BCUT2D eigenvalue weighted by atomic mass is 10.2. The highest BCUT2D eigenvalue weighted by Crippen LogP contribution is 2.10. The first kappa shape index (κ1) is 16.0. The van der Waals surface area contributed by atoms with Crippen LogP contribution >= 0.6 is 15.9 Å². The van der Waals surface area contributed by atoms with E-state index in [1.165, 1.54) is 10.8 Å². The SMILES string of the molecule is CCCN(C(=O)Cn1cc(Br)c(=O)[nH]c1=O)C1CCNC1. The minimum absolute atomic E-state index is 0.0648. The minimum atomic E-state index is -0.572. The van der Waals surface area contributed by atoms with Gasteiger partial charge in [0, 0.05) is 25.3 Å². The Hall–Kier alpha value is -1.41. The average molecular weight is 359 g/mol. The van der Waals surface area contributed by atoms with E-state index in [0.29, 0.717) is 6.54 Å². The quantitative estimate of drug-likeness (QED) is 0.769. The Morgan fingerprint density at radius 2 is 2.29 bits per heavy atom. The molecule has 2 N–H and O–H groups in total. The molecule has 21 heavy (non-hydrogen) atoms. The topological polar surface area (TPSA) is 87.2 Å². The largest absolute Gasteiger partial charge is 0.337 e. The molecule has 8 heteroatoms. The number of hydrogen-bond donors (Lipinski definition) is 2. The number of H-pyrrole nitrogens is 1. The first-order chi connectivity index (χ1) is 10.0. The van der Waals surface area contributed by atoms with E-state index in [4.69, 9.17) is 0 Å². The van der Waals surface area contributed by atoms with Crippen molar-refractivity contribution in [1.29, 1.82) is 0 Å². The third kappa shape index (κ3) is 3.82. The van der Waals surface area contributed by atoms with Gasteiger partial charge in [0.1, 0.15) is 6.54 Å². The van der Waals surface area contributed by atoms with E-state index in [0.717, 1.165) is 25.9 Å². The molecule has 0 aliphatic carbocycles. The molecule has 1 aliphatic rings. The lowest BCUT2D eigenvalue weighted by Gasteiger charge is -2.28. The number of rotatable bonds is 5. The Kier molecular flexibility index (Phi) is 5.35. The van der Waals surface area contributed by atoms with Crippen LogP contribution in [0.15, 0.2) is 20.3 Å². The van der Waals surface area contributed by atoms with Crippen molar-refractivity contribution in [1.82, 2.24) is 19.8 Å². The monoisotopic (exact) mass is 358 g/mol. The smallest absolute Gasteiger partial charge is 0.328 e. The van der Waals surface area contributed by atoms with Crippen LogP contribution in [0.3, 0.4) is 0 Å². The molecule has 2 rings (SSSR count). The fourth-order valence-corrected chi connectivity index (χ4v) is 2.84. The van der Waals surface area contributed by atoms with Gasteiger partial charge in [-0.15, -0.1) is 0 Å². The lowest BCUT2D eigenvalue weighted by Crippen LogP contribution is -2.45. The maximum Gasteiger partial charge on any atom is 0.328 e. The molecule has 0 saturated carbocycles. The maximum atomic E-state index is 12.5. The Bertz CT molecular complexity index is 619. The van der Waals surface area contributed by atoms with Crippen LogP contribution < -0.4 is 16.6 Å². The third-order valence-electron chi connectivity index (χ3n) is 3.53. The molecule has 0 radical (unpaired) electrons. The Balaban J connectivity index is 2.16. The zero-order valence-electron chi connectivity index (χ0n) is 11.9. The van der Waals surface area contributed by atoms with E-state index in [1.54, 1.807) is 0 Å². The molecular formula is C13H19BrN4O3. The van der Waals surface area contributed by atoms with Crippen molar-refractivity contribution in [2.75, 3.05) is 19.6 Å². The highest BCUT2D eigenvalue weighted by atomic mass is 79.9. The van der Waals surface area contributed by atoms with Crippen LogP contribution in [0.5, 0.6) is 0 Å². The molecule has 1 fully saturated rings. The van der Waals surface area contributed by atoms with Crippen LogP contribution in [0.25, 0.3) is 0 Å². The van der Waals surface area contributed by atoms with Crippen LogP contribution in [-0.2, 0) is 11.3 Å². The second-order valence-corrected chi connectivity index (χ2v) is 5.95. The standard InChI is InChI=1S/C13H19BrN4O3/c1-2-5-18(9-3-4-15-6-9)11(19)8-17-7-10(14)12(20)16-13(17)21/h7,9,15H,2-6,8H2,1H3,(H,16,20,21). The molecular weight excluding hydrogens is 340 g/mol. The molecule has 116 valence electrons. The second kappa shape index (κ2) is 7.04. The average Bonchev–Trinajstić information content (AvgIpc) is 2.95. The van der Waals surface area contributed by atoms with Gasteiger partial charge in [-0.1, -0.05) is 6.92 Å². The molecule has 1 saturated heterocycles. The van der Waals surface area contributed by atoms with Crippen LogP contribution in [0.4, 0.5) is 0 Å². The summed E-state index contributed by atoms with van der Waals surface area (Å²) in [4.78, 5) is 39.5. The molecule has 2 heterocycles. The van der Waals surface area contributed by atoms with Crippen molar-refractivity contribution < 1.29 is 4.79 Å². The van der Waals surface area contributed by atoms with Crippen molar-refractivity contribution >= 4 is 21.8 Å². The number of carbonyl (C=O) groups is 1. The van der Waals surface area contributed by atoms with Gasteiger partial charge in [0.15, 0.2) is 0 Å². The molecule has 1 atom stereocenters. The third-order valence-corrected chi connectivity index (χ3v) is 4.10. The number of nitrogens with one attached hydrogen (secondary N) is 2. The molecule has 1 aliphatic heterocycles. The summed E-state index contributed by atoms with van der Waals surface area (Å²) in [5.74, 6) is -0.105. The highest BCUT2D eigenvalue weighted by molar-refractivity contribution is 9.10. The number of aromatic nitrogens is 2. The summed E-state index contributed by atoms with van der Waals surface area (Å²) in [6.45, 7) is 4.32. The zero-order chi connectivity index (χ0) is 15.4. The van der Waals surface area contributed by atoms with Gasteiger partial charge in [-0.05, 0) is 35.3 Å². The summed E-state index contributed by atoms with van der Waals surface area (Å²) >= 11 is 3.07. The molecule has 1 unspecified atom stereocenters. The minimum Gasteiger partial charge on any atom is -0.337 e. The number of hydrogen-bond acceptors (Lipinski definition) is 4. The number of halogens is 1. The van der Waals surface area contributed by atoms with Gasteiger partial charge in [0.05, 0.1) is 4.47 Å². The zero-order valence-corrected chi connectivity index (χ0v) is 13.5. The van der Waals surface area contributed by atoms with Gasteiger partial charge in [0.25, 0.3) is 5.56 Å². The van der Waals surface area contributed by atoms with Crippen LogP contribution in [0.1, 0.15) is 19.8 Å². The first-order valence-corrected chi connectivity index (χ1v) is 7.81. The normalized spacial score (nSPS) is 17.9. The van der Waals surface area contributed by atoms with E-state index in [9.17, 15) is 14.4 Å². The summed E-state index contributed by atoms with van der Waals surface area (Å²) < 4.78 is 1.46. The number of aromatic amines is 1. The molecule has 0 aromatic carbocycles. The number of nitrogens with zero attached hydrogens (tertiary/aromatic N) is 2. The highest BCUT2D eigenvalue weighted by Gasteiger charge is 2.26. The Morgan fingerprint density at radius 1 is 1.52 bits per heavy atom. The predicted molar refractivity (Wildman–Crippen MR) is 82.3 cm³/mol. The first-order valence-electron chi connectivity index (χ1n) is 7.02. The number of amides is 1. The van der Waals surface area contributed by atoms with Crippen molar-refractivity contribution in [3.8, 4) is 0 Å². The predicted octanol–water partition coefficient (Wildman–Crippen LogP) is -0.100. The van der Waals surface area contributed by atoms with Crippen LogP contribution in [0.2, 0.25) is 0 Å². The maximum absolute atomic E-state index is 12.5. The van der Waals surface area contributed by atoms with Crippen molar-refractivity contribution in [3.05, 3.63) is 31.5 Å². The number of carbonyl (C=O) groups excluding carboxylic acids is 1. The van der Waals surface area contributed by atoms with E-state index in [-0.39, 0.29) is 23.0 Å². The fourth-order valence-electron chi connectivity index (χ4n) is 2.49. The molecule has 1 aromatic rings.